The number of benzene rings is 3. The fourth-order valence-corrected chi connectivity index (χ4v) is 6.04. The van der Waals surface area contributed by atoms with Gasteiger partial charge in [0, 0.05) is 21.2 Å². The molecule has 1 aliphatic heterocycles. The fraction of sp³-hybridized carbons (Fsp3) is 0. The van der Waals surface area contributed by atoms with Crippen LogP contribution in [0, 0.1) is 0 Å². The maximum Gasteiger partial charge on any atom is 0.396 e. The van der Waals surface area contributed by atoms with E-state index in [9.17, 15) is 18.0 Å². The van der Waals surface area contributed by atoms with Crippen LogP contribution in [0.3, 0.4) is 0 Å². The van der Waals surface area contributed by atoms with Gasteiger partial charge in [-0.05, 0) is 48.2 Å². The molecule has 1 aromatic heterocycles. The number of rotatable bonds is 3. The van der Waals surface area contributed by atoms with Crippen LogP contribution in [0.5, 0.6) is 0 Å². The summed E-state index contributed by atoms with van der Waals surface area (Å²) in [6, 6.07) is 12.9. The molecule has 0 radical (unpaired) electrons. The predicted octanol–water partition coefficient (Wildman–Crippen LogP) is 4.05. The summed E-state index contributed by atoms with van der Waals surface area (Å²) in [7, 11) is -3.90. The second-order valence-corrected chi connectivity index (χ2v) is 9.54. The van der Waals surface area contributed by atoms with Gasteiger partial charge in [0.1, 0.15) is 5.58 Å². The Morgan fingerprint density at radius 1 is 1.00 bits per heavy atom. The molecule has 9 heteroatoms. The summed E-state index contributed by atoms with van der Waals surface area (Å²) in [6.45, 7) is 0. The van der Waals surface area contributed by atoms with E-state index in [1.165, 1.54) is 12.1 Å². The Labute approximate surface area is 160 Å². The molecule has 0 spiro atoms. The molecule has 0 amide bonds. The maximum atomic E-state index is 13.0. The Hall–Kier alpha value is -2.62. The summed E-state index contributed by atoms with van der Waals surface area (Å²) in [4.78, 5) is 23.8. The first-order valence-electron chi connectivity index (χ1n) is 7.77. The van der Waals surface area contributed by atoms with Crippen LogP contribution in [0.25, 0.3) is 21.1 Å². The van der Waals surface area contributed by atoms with Crippen LogP contribution in [0.2, 0.25) is 0 Å². The third kappa shape index (κ3) is 2.58. The summed E-state index contributed by atoms with van der Waals surface area (Å²) < 4.78 is 34.1. The van der Waals surface area contributed by atoms with Crippen LogP contribution < -0.4 is 9.66 Å². The van der Waals surface area contributed by atoms with Gasteiger partial charge in [-0.2, -0.15) is 0 Å². The number of fused-ring (bicyclic) bond motifs is 1. The molecule has 0 saturated carbocycles. The van der Waals surface area contributed by atoms with Gasteiger partial charge in [-0.3, -0.25) is 9.52 Å². The Bertz CT molecular complexity index is 1430. The molecule has 1 aliphatic rings. The number of thioether (sulfide) groups is 1. The number of nitrogens with one attached hydrogen (secondary N) is 1. The Morgan fingerprint density at radius 2 is 1.85 bits per heavy atom. The van der Waals surface area contributed by atoms with Gasteiger partial charge in [-0.25, -0.2) is 13.2 Å². The van der Waals surface area contributed by atoms with E-state index in [1.807, 2.05) is 0 Å². The van der Waals surface area contributed by atoms with E-state index in [2.05, 4.69) is 4.72 Å². The summed E-state index contributed by atoms with van der Waals surface area (Å²) in [5, 5.41) is 1.09. The van der Waals surface area contributed by atoms with Crippen LogP contribution in [-0.4, -0.2) is 13.5 Å². The molecule has 134 valence electrons. The number of anilines is 1. The number of hydrogen-bond acceptors (Lipinski definition) is 7. The molecule has 0 atom stereocenters. The molecule has 1 N–H and O–H groups in total. The summed E-state index contributed by atoms with van der Waals surface area (Å²) in [5.74, 6) is 0. The minimum Gasteiger partial charge on any atom is -0.414 e. The summed E-state index contributed by atoms with van der Waals surface area (Å²) in [6.07, 6.45) is 0. The van der Waals surface area contributed by atoms with E-state index >= 15 is 0 Å². The predicted molar refractivity (Wildman–Crippen MR) is 105 cm³/mol. The van der Waals surface area contributed by atoms with Crippen molar-refractivity contribution in [2.75, 3.05) is 4.72 Å². The van der Waals surface area contributed by atoms with Gasteiger partial charge >= 0.3 is 4.94 Å². The third-order valence-corrected chi connectivity index (χ3v) is 7.45. The molecular formula is C18H9NO5S3. The molecule has 0 bridgehead atoms. The standard InChI is InChI=1S/C18H9NO5S3/c20-17-11-3-1-2-10-15(7-6-13(25-17)16(10)11)27(22,23)19-9-4-5-12-14(8-9)26-18(21)24-12/h1-8,19H. The quantitative estimate of drug-likeness (QED) is 0.542. The molecule has 27 heavy (non-hydrogen) atoms. The van der Waals surface area contributed by atoms with Gasteiger partial charge < -0.3 is 4.42 Å². The molecule has 0 saturated heterocycles. The Kier molecular flexibility index (Phi) is 3.48. The van der Waals surface area contributed by atoms with Crippen LogP contribution >= 0.6 is 23.1 Å². The first kappa shape index (κ1) is 16.5. The highest BCUT2D eigenvalue weighted by atomic mass is 32.2. The van der Waals surface area contributed by atoms with Crippen LogP contribution in [0.1, 0.15) is 10.4 Å². The van der Waals surface area contributed by atoms with Crippen molar-refractivity contribution >= 4 is 65.0 Å². The minimum atomic E-state index is -3.90. The average Bonchev–Trinajstić information content (AvgIpc) is 3.15. The molecule has 2 heterocycles. The summed E-state index contributed by atoms with van der Waals surface area (Å²) in [5.41, 5.74) is 1.26. The van der Waals surface area contributed by atoms with Crippen molar-refractivity contribution in [2.24, 2.45) is 0 Å². The fourth-order valence-electron chi connectivity index (χ4n) is 3.14. The van der Waals surface area contributed by atoms with E-state index in [-0.39, 0.29) is 10.0 Å². The largest absolute Gasteiger partial charge is 0.414 e. The molecular weight excluding hydrogens is 406 g/mol. The lowest BCUT2D eigenvalue weighted by Gasteiger charge is -2.11. The number of hydrogen-bond donors (Lipinski definition) is 1. The van der Waals surface area contributed by atoms with E-state index in [0.717, 1.165) is 28.0 Å². The lowest BCUT2D eigenvalue weighted by Crippen LogP contribution is -2.13. The Morgan fingerprint density at radius 3 is 2.70 bits per heavy atom. The molecule has 4 aromatic rings. The highest BCUT2D eigenvalue weighted by Gasteiger charge is 2.27. The van der Waals surface area contributed by atoms with Crippen molar-refractivity contribution in [1.82, 2.24) is 0 Å². The van der Waals surface area contributed by atoms with Crippen molar-refractivity contribution < 1.29 is 17.6 Å². The molecule has 3 aromatic carbocycles. The monoisotopic (exact) mass is 415 g/mol. The highest BCUT2D eigenvalue weighted by molar-refractivity contribution is 8.14. The van der Waals surface area contributed by atoms with Crippen LogP contribution in [-0.2, 0) is 10.0 Å². The summed E-state index contributed by atoms with van der Waals surface area (Å²) >= 11 is 2.01. The molecule has 0 unspecified atom stereocenters. The second kappa shape index (κ2) is 5.69. The zero-order chi connectivity index (χ0) is 18.8. The van der Waals surface area contributed by atoms with Crippen molar-refractivity contribution in [1.29, 1.82) is 0 Å². The van der Waals surface area contributed by atoms with E-state index in [0.29, 0.717) is 32.3 Å². The van der Waals surface area contributed by atoms with Crippen molar-refractivity contribution in [3.05, 3.63) is 63.8 Å². The number of sulfonamides is 1. The molecule has 0 aliphatic carbocycles. The van der Waals surface area contributed by atoms with Crippen molar-refractivity contribution in [3.8, 4) is 0 Å². The van der Waals surface area contributed by atoms with Crippen molar-refractivity contribution in [3.63, 3.8) is 0 Å². The smallest absolute Gasteiger partial charge is 0.396 e. The first-order chi connectivity index (χ1) is 12.9. The first-order valence-corrected chi connectivity index (χ1v) is 10.9. The lowest BCUT2D eigenvalue weighted by molar-refractivity contribution is 0.109. The maximum absolute atomic E-state index is 13.0. The SMILES string of the molecule is O=C1Sc2ccc(S(=O)(=O)Nc3ccc4oc(=O)sc4c3)c3cccc1c23. The van der Waals surface area contributed by atoms with Crippen LogP contribution in [0.15, 0.2) is 67.5 Å². The zero-order valence-electron chi connectivity index (χ0n) is 13.4. The van der Waals surface area contributed by atoms with Gasteiger partial charge in [0.2, 0.25) is 5.12 Å². The van der Waals surface area contributed by atoms with Gasteiger partial charge in [0.15, 0.2) is 0 Å². The van der Waals surface area contributed by atoms with Gasteiger partial charge in [0.25, 0.3) is 10.0 Å². The minimum absolute atomic E-state index is 0.0848. The van der Waals surface area contributed by atoms with E-state index in [4.69, 9.17) is 4.42 Å². The molecule has 5 rings (SSSR count). The third-order valence-electron chi connectivity index (χ3n) is 4.26. The van der Waals surface area contributed by atoms with E-state index < -0.39 is 15.0 Å². The van der Waals surface area contributed by atoms with Gasteiger partial charge in [0.05, 0.1) is 15.3 Å². The average molecular weight is 415 g/mol. The van der Waals surface area contributed by atoms with Crippen molar-refractivity contribution in [2.45, 2.75) is 9.79 Å². The van der Waals surface area contributed by atoms with E-state index in [1.54, 1.807) is 36.4 Å². The highest BCUT2D eigenvalue weighted by Crippen LogP contribution is 2.42. The number of carbonyl (C=O) groups is 1. The normalized spacial score (nSPS) is 13.6. The van der Waals surface area contributed by atoms with Gasteiger partial charge in [-0.1, -0.05) is 23.5 Å². The van der Waals surface area contributed by atoms with Gasteiger partial charge in [-0.15, -0.1) is 0 Å². The topological polar surface area (TPSA) is 93.4 Å². The lowest BCUT2D eigenvalue weighted by atomic mass is 10.1. The zero-order valence-corrected chi connectivity index (χ0v) is 15.8. The Balaban J connectivity index is 1.64. The van der Waals surface area contributed by atoms with Crippen LogP contribution in [0.4, 0.5) is 5.69 Å². The molecule has 0 fully saturated rings. The number of carbonyl (C=O) groups excluding carboxylic acids is 1. The molecule has 6 nitrogen and oxygen atoms in total. The second-order valence-electron chi connectivity index (χ2n) is 5.90.